The number of nitrogens with two attached hydrogens (primary N) is 1. The Morgan fingerprint density at radius 1 is 0.723 bits per heavy atom. The molecule has 0 aromatic heterocycles. The third-order valence-corrected chi connectivity index (χ3v) is 10.2. The predicted octanol–water partition coefficient (Wildman–Crippen LogP) is 7.70. The van der Waals surface area contributed by atoms with Gasteiger partial charge in [0.1, 0.15) is 36.9 Å². The van der Waals surface area contributed by atoms with Crippen LogP contribution in [0, 0.1) is 5.92 Å². The van der Waals surface area contributed by atoms with Gasteiger partial charge in [0.05, 0.1) is 0 Å². The average Bonchev–Trinajstić information content (AvgIpc) is 3.55. The molecule has 17 heteroatoms. The number of ether oxygens (including phenoxy) is 3. The van der Waals surface area contributed by atoms with Gasteiger partial charge < -0.3 is 46.5 Å². The molecule has 0 saturated carbocycles. The molecule has 1 aliphatic rings. The van der Waals surface area contributed by atoms with Crippen molar-refractivity contribution >= 4 is 61.0 Å². The number of carbonyl (C=O) groups is 5. The zero-order valence-electron chi connectivity index (χ0n) is 37.1. The number of benzene rings is 3. The number of hydrogen-bond acceptors (Lipinski definition) is 9. The maximum atomic E-state index is 14.2. The molecule has 3 aromatic rings. The van der Waals surface area contributed by atoms with Crippen molar-refractivity contribution in [3.8, 4) is 11.1 Å². The molecule has 0 saturated heterocycles. The Labute approximate surface area is 397 Å². The van der Waals surface area contributed by atoms with E-state index in [1.165, 1.54) is 7.05 Å². The molecule has 15 nitrogen and oxygen atoms in total. The summed E-state index contributed by atoms with van der Waals surface area (Å²) in [7, 11) is 1.54. The number of carbonyl (C=O) groups excluding carboxylic acids is 5. The third kappa shape index (κ3) is 19.3. The Balaban J connectivity index is 0.00000704. The highest BCUT2D eigenvalue weighted by atomic mass is 35.5. The van der Waals surface area contributed by atoms with Crippen molar-refractivity contribution in [2.75, 3.05) is 26.7 Å². The lowest BCUT2D eigenvalue weighted by molar-refractivity contribution is -0.150. The number of guanidine groups is 1. The molecule has 0 heterocycles. The maximum absolute atomic E-state index is 14.2. The number of amides is 4. The molecule has 3 aromatic carbocycles. The van der Waals surface area contributed by atoms with Crippen molar-refractivity contribution in [2.45, 2.75) is 124 Å². The van der Waals surface area contributed by atoms with Crippen LogP contribution in [-0.2, 0) is 35.2 Å². The van der Waals surface area contributed by atoms with E-state index in [1.54, 1.807) is 45.0 Å². The molecule has 4 rings (SSSR count). The Morgan fingerprint density at radius 2 is 1.26 bits per heavy atom. The molecule has 1 aliphatic carbocycles. The van der Waals surface area contributed by atoms with Crippen molar-refractivity contribution in [2.24, 2.45) is 16.6 Å². The fourth-order valence-electron chi connectivity index (χ4n) is 6.97. The van der Waals surface area contributed by atoms with Gasteiger partial charge in [-0.15, -0.1) is 0 Å². The molecule has 0 radical (unpaired) electrons. The van der Waals surface area contributed by atoms with E-state index in [4.69, 9.17) is 31.5 Å². The first-order valence-electron chi connectivity index (χ1n) is 21.1. The van der Waals surface area contributed by atoms with Gasteiger partial charge in [-0.05, 0) is 105 Å². The van der Waals surface area contributed by atoms with Gasteiger partial charge in [-0.3, -0.25) is 14.6 Å². The van der Waals surface area contributed by atoms with Crippen molar-refractivity contribution in [1.29, 1.82) is 0 Å². The van der Waals surface area contributed by atoms with Crippen LogP contribution in [0.25, 0.3) is 11.1 Å². The molecule has 3 atom stereocenters. The molecular formula is C48H72ClN7O8S. The number of alkyl carbamates (subject to hydrolysis) is 2. The topological polar surface area (TPSA) is 212 Å². The molecular weight excluding hydrogens is 870 g/mol. The highest BCUT2D eigenvalue weighted by Crippen LogP contribution is 2.44. The number of unbranched alkanes of at least 4 members (excludes halogenated alkanes) is 1. The Kier molecular flexibility index (Phi) is 25.2. The second-order valence-corrected chi connectivity index (χ2v) is 17.0. The summed E-state index contributed by atoms with van der Waals surface area (Å²) in [6, 6.07) is 19.5. The van der Waals surface area contributed by atoms with Crippen LogP contribution in [0.1, 0.15) is 111 Å². The van der Waals surface area contributed by atoms with E-state index >= 15 is 0 Å². The lowest BCUT2D eigenvalue weighted by atomic mass is 9.98. The molecule has 0 spiro atoms. The van der Waals surface area contributed by atoms with Crippen LogP contribution < -0.4 is 32.3 Å². The van der Waals surface area contributed by atoms with Gasteiger partial charge in [0.15, 0.2) is 5.96 Å². The molecule has 0 unspecified atom stereocenters. The van der Waals surface area contributed by atoms with Gasteiger partial charge in [0.2, 0.25) is 11.8 Å². The van der Waals surface area contributed by atoms with Crippen molar-refractivity contribution in [3.05, 3.63) is 94.5 Å². The van der Waals surface area contributed by atoms with E-state index in [-0.39, 0.29) is 85.2 Å². The van der Waals surface area contributed by atoms with Crippen LogP contribution in [0.2, 0.25) is 5.02 Å². The zero-order chi connectivity index (χ0) is 45.2. The lowest BCUT2D eigenvalue weighted by Crippen LogP contribution is -2.56. The fraction of sp³-hybridized carbons (Fsp3) is 0.500. The van der Waals surface area contributed by atoms with Crippen LogP contribution >= 0.6 is 25.1 Å². The summed E-state index contributed by atoms with van der Waals surface area (Å²) >= 11 is 6.01. The minimum absolute atomic E-state index is 0. The quantitative estimate of drug-likeness (QED) is 0.0201. The number of nitrogens with zero attached hydrogens (tertiary/aromatic N) is 1. The first-order chi connectivity index (χ1) is 29.5. The SMILES string of the molecule is C.C.CN=C(N)NCCC[C@@H](NC(=O)[C@@H](CCCCNC(=O)OC(C)(C)C)NC(=O)OCC1c2ccccc2-c2ccccc21)C(=O)N[C@@H](CC(C)C)C(=O)OCc1ccc(Cl)cc1.S. The van der Waals surface area contributed by atoms with E-state index in [1.807, 2.05) is 62.4 Å². The minimum atomic E-state index is -1.13. The Bertz CT molecular complexity index is 1970. The number of fused-ring (bicyclic) bond motifs is 3. The van der Waals surface area contributed by atoms with Gasteiger partial charge in [-0.25, -0.2) is 14.4 Å². The Hall–Kier alpha value is -5.48. The summed E-state index contributed by atoms with van der Waals surface area (Å²) in [6.07, 6.45) is 0.448. The number of rotatable bonds is 21. The van der Waals surface area contributed by atoms with E-state index in [0.29, 0.717) is 30.8 Å². The van der Waals surface area contributed by atoms with E-state index in [9.17, 15) is 24.0 Å². The summed E-state index contributed by atoms with van der Waals surface area (Å²) in [5.41, 5.74) is 10.1. The fourth-order valence-corrected chi connectivity index (χ4v) is 7.09. The van der Waals surface area contributed by atoms with Gasteiger partial charge in [-0.1, -0.05) is 101 Å². The standard InChI is InChI=1S/C46H62ClN7O8.2CH4.H2S/c1-29(2)26-39(42(57)60-27-30-20-22-31(47)23-21-30)53-40(55)37(19-13-25-50-43(48)49-6)52-41(56)38(18-11-12-24-51-44(58)62-46(3,4)5)54-45(59)61-28-36-34-16-9-7-14-32(34)33-15-8-10-17-35(33)36;;;/h7-10,14-17,20-23,29,36-39H,11-13,18-19,24-28H2,1-6H3,(H,51,58)(H,52,56)(H,53,55)(H,54,59)(H3,48,49,50);2*1H4;1H2/t37-,38-,39+;;;/m1.../s1. The highest BCUT2D eigenvalue weighted by Gasteiger charge is 2.32. The summed E-state index contributed by atoms with van der Waals surface area (Å²) in [5.74, 6) is -1.85. The zero-order valence-corrected chi connectivity index (χ0v) is 38.8. The Morgan fingerprint density at radius 3 is 1.83 bits per heavy atom. The van der Waals surface area contributed by atoms with Crippen LogP contribution in [0.5, 0.6) is 0 Å². The summed E-state index contributed by atoms with van der Waals surface area (Å²) < 4.78 is 16.7. The summed E-state index contributed by atoms with van der Waals surface area (Å²) in [6.45, 7) is 9.74. The highest BCUT2D eigenvalue weighted by molar-refractivity contribution is 7.59. The maximum Gasteiger partial charge on any atom is 0.407 e. The number of hydrogen-bond donors (Lipinski definition) is 6. The first kappa shape index (κ1) is 57.5. The van der Waals surface area contributed by atoms with Gasteiger partial charge in [-0.2, -0.15) is 13.5 Å². The molecule has 0 bridgehead atoms. The lowest BCUT2D eigenvalue weighted by Gasteiger charge is -2.26. The monoisotopic (exact) mass is 941 g/mol. The average molecular weight is 943 g/mol. The van der Waals surface area contributed by atoms with E-state index in [2.05, 4.69) is 31.6 Å². The number of esters is 1. The first-order valence-corrected chi connectivity index (χ1v) is 21.5. The van der Waals surface area contributed by atoms with E-state index in [0.717, 1.165) is 27.8 Å². The molecule has 360 valence electrons. The minimum Gasteiger partial charge on any atom is -0.459 e. The smallest absolute Gasteiger partial charge is 0.407 e. The van der Waals surface area contributed by atoms with Crippen LogP contribution in [0.3, 0.4) is 0 Å². The predicted molar refractivity (Wildman–Crippen MR) is 263 cm³/mol. The van der Waals surface area contributed by atoms with E-state index < -0.39 is 53.7 Å². The summed E-state index contributed by atoms with van der Waals surface area (Å²) in [5, 5.41) is 14.6. The summed E-state index contributed by atoms with van der Waals surface area (Å²) in [4.78, 5) is 71.2. The van der Waals surface area contributed by atoms with Crippen LogP contribution in [0.15, 0.2) is 77.8 Å². The largest absolute Gasteiger partial charge is 0.459 e. The molecule has 0 aliphatic heterocycles. The van der Waals surface area contributed by atoms with Gasteiger partial charge in [0, 0.05) is 31.1 Å². The van der Waals surface area contributed by atoms with Gasteiger partial charge >= 0.3 is 18.2 Å². The van der Waals surface area contributed by atoms with Crippen molar-refractivity contribution in [3.63, 3.8) is 0 Å². The molecule has 65 heavy (non-hydrogen) atoms. The van der Waals surface area contributed by atoms with Crippen LogP contribution in [0.4, 0.5) is 9.59 Å². The van der Waals surface area contributed by atoms with Crippen molar-refractivity contribution in [1.82, 2.24) is 26.6 Å². The number of aliphatic imine (C=N–C) groups is 1. The molecule has 4 amide bonds. The van der Waals surface area contributed by atoms with Crippen LogP contribution in [-0.4, -0.2) is 86.4 Å². The molecule has 0 fully saturated rings. The van der Waals surface area contributed by atoms with Gasteiger partial charge in [0.25, 0.3) is 0 Å². The molecule has 7 N–H and O–H groups in total. The third-order valence-electron chi connectivity index (χ3n) is 9.99. The number of nitrogens with one attached hydrogen (secondary N) is 5. The van der Waals surface area contributed by atoms with Crippen molar-refractivity contribution < 1.29 is 38.2 Å². The second-order valence-electron chi connectivity index (χ2n) is 16.6. The normalized spacial score (nSPS) is 13.1. The second kappa shape index (κ2) is 28.4. The number of halogens is 1.